The maximum atomic E-state index is 12.2. The quantitative estimate of drug-likeness (QED) is 0.872. The Morgan fingerprint density at radius 3 is 2.47 bits per heavy atom. The lowest BCUT2D eigenvalue weighted by molar-refractivity contribution is -0.122. The van der Waals surface area contributed by atoms with Crippen molar-refractivity contribution in [2.75, 3.05) is 5.32 Å². The molecule has 0 radical (unpaired) electrons. The van der Waals surface area contributed by atoms with Crippen molar-refractivity contribution < 1.29 is 4.79 Å². The molecule has 1 amide bonds. The van der Waals surface area contributed by atoms with Crippen LogP contribution in [-0.4, -0.2) is 11.4 Å². The van der Waals surface area contributed by atoms with Crippen LogP contribution in [0.3, 0.4) is 0 Å². The van der Waals surface area contributed by atoms with Crippen molar-refractivity contribution in [2.24, 2.45) is 5.73 Å². The molecule has 3 N–H and O–H groups in total. The minimum absolute atomic E-state index is 0.0970. The number of amides is 1. The number of nitrogens with one attached hydrogen (secondary N) is 1. The highest BCUT2D eigenvalue weighted by molar-refractivity contribution is 5.98. The molecule has 0 saturated heterocycles. The van der Waals surface area contributed by atoms with Crippen molar-refractivity contribution in [2.45, 2.75) is 44.1 Å². The molecule has 4 heteroatoms. The molecule has 1 fully saturated rings. The maximum Gasteiger partial charge on any atom is 0.244 e. The van der Waals surface area contributed by atoms with Gasteiger partial charge in [0.2, 0.25) is 5.91 Å². The number of nitrogens with zero attached hydrogens (tertiary/aromatic N) is 1. The lowest BCUT2D eigenvalue weighted by Crippen LogP contribution is -2.52. The Labute approximate surface area is 113 Å². The van der Waals surface area contributed by atoms with Gasteiger partial charge >= 0.3 is 0 Å². The van der Waals surface area contributed by atoms with Crippen LogP contribution in [0.4, 0.5) is 5.69 Å². The normalized spacial score (nSPS) is 17.5. The van der Waals surface area contributed by atoms with Gasteiger partial charge in [0.1, 0.15) is 0 Å². The molecule has 1 aromatic rings. The third kappa shape index (κ3) is 3.33. The number of nitriles is 1. The summed E-state index contributed by atoms with van der Waals surface area (Å²) >= 11 is 0. The van der Waals surface area contributed by atoms with E-state index in [0.29, 0.717) is 6.42 Å². The van der Waals surface area contributed by atoms with Crippen molar-refractivity contribution >= 4 is 11.6 Å². The number of anilines is 1. The summed E-state index contributed by atoms with van der Waals surface area (Å²) in [5.74, 6) is -0.0970. The van der Waals surface area contributed by atoms with Crippen molar-refractivity contribution in [1.82, 2.24) is 0 Å². The Balaban J connectivity index is 2.00. The second-order valence-electron chi connectivity index (χ2n) is 5.20. The van der Waals surface area contributed by atoms with E-state index in [-0.39, 0.29) is 5.91 Å². The molecule has 100 valence electrons. The highest BCUT2D eigenvalue weighted by atomic mass is 16.2. The van der Waals surface area contributed by atoms with Crippen LogP contribution in [0.5, 0.6) is 0 Å². The van der Waals surface area contributed by atoms with E-state index in [1.165, 1.54) is 0 Å². The minimum atomic E-state index is -0.719. The van der Waals surface area contributed by atoms with E-state index in [9.17, 15) is 4.79 Å². The number of carbonyl (C=O) groups excluding carboxylic acids is 1. The van der Waals surface area contributed by atoms with Gasteiger partial charge in [-0.25, -0.2) is 0 Å². The summed E-state index contributed by atoms with van der Waals surface area (Å²) in [5.41, 5.74) is 7.14. The van der Waals surface area contributed by atoms with E-state index in [2.05, 4.69) is 11.4 Å². The maximum absolute atomic E-state index is 12.2. The number of hydrogen-bond acceptors (Lipinski definition) is 3. The molecule has 0 heterocycles. The average Bonchev–Trinajstić information content (AvgIpc) is 2.42. The largest absolute Gasteiger partial charge is 0.324 e. The van der Waals surface area contributed by atoms with Crippen LogP contribution in [0.25, 0.3) is 0 Å². The van der Waals surface area contributed by atoms with Crippen molar-refractivity contribution in [1.29, 1.82) is 5.26 Å². The van der Waals surface area contributed by atoms with Crippen LogP contribution < -0.4 is 11.1 Å². The summed E-state index contributed by atoms with van der Waals surface area (Å²) in [5, 5.41) is 11.5. The Hall–Kier alpha value is -1.86. The first-order chi connectivity index (χ1) is 9.14. The predicted octanol–water partition coefficient (Wildman–Crippen LogP) is 2.35. The summed E-state index contributed by atoms with van der Waals surface area (Å²) in [6, 6.07) is 9.43. The van der Waals surface area contributed by atoms with Gasteiger partial charge in [-0.3, -0.25) is 4.79 Å². The van der Waals surface area contributed by atoms with Crippen LogP contribution in [0.2, 0.25) is 0 Å². The topological polar surface area (TPSA) is 78.9 Å². The van der Waals surface area contributed by atoms with Gasteiger partial charge in [-0.05, 0) is 30.5 Å². The third-order valence-electron chi connectivity index (χ3n) is 3.69. The van der Waals surface area contributed by atoms with E-state index in [1.807, 2.05) is 24.3 Å². The fraction of sp³-hybridized carbons (Fsp3) is 0.467. The molecule has 1 saturated carbocycles. The third-order valence-corrected chi connectivity index (χ3v) is 3.69. The molecule has 1 aromatic carbocycles. The molecular weight excluding hydrogens is 238 g/mol. The SMILES string of the molecule is N#CCc1ccc(NC(=O)C2(N)CCCCC2)cc1. The van der Waals surface area contributed by atoms with E-state index in [0.717, 1.165) is 43.4 Å². The van der Waals surface area contributed by atoms with Crippen molar-refractivity contribution in [3.63, 3.8) is 0 Å². The molecule has 0 atom stereocenters. The molecule has 1 aliphatic rings. The number of rotatable bonds is 3. The molecule has 0 bridgehead atoms. The van der Waals surface area contributed by atoms with Gasteiger partial charge in [-0.1, -0.05) is 31.4 Å². The molecule has 0 unspecified atom stereocenters. The molecule has 1 aliphatic carbocycles. The first-order valence-corrected chi connectivity index (χ1v) is 6.70. The monoisotopic (exact) mass is 257 g/mol. The molecule has 4 nitrogen and oxygen atoms in total. The van der Waals surface area contributed by atoms with Crippen molar-refractivity contribution in [3.05, 3.63) is 29.8 Å². The molecule has 0 aliphatic heterocycles. The van der Waals surface area contributed by atoms with Gasteiger partial charge < -0.3 is 11.1 Å². The number of carbonyl (C=O) groups is 1. The highest BCUT2D eigenvalue weighted by Crippen LogP contribution is 2.27. The van der Waals surface area contributed by atoms with E-state index < -0.39 is 5.54 Å². The van der Waals surface area contributed by atoms with Gasteiger partial charge in [-0.15, -0.1) is 0 Å². The molecule has 0 aromatic heterocycles. The Kier molecular flexibility index (Phi) is 4.18. The zero-order chi connectivity index (χ0) is 13.7. The van der Waals surface area contributed by atoms with E-state index >= 15 is 0 Å². The summed E-state index contributed by atoms with van der Waals surface area (Å²) < 4.78 is 0. The fourth-order valence-electron chi connectivity index (χ4n) is 2.46. The summed E-state index contributed by atoms with van der Waals surface area (Å²) in [7, 11) is 0. The van der Waals surface area contributed by atoms with Crippen molar-refractivity contribution in [3.8, 4) is 6.07 Å². The van der Waals surface area contributed by atoms with E-state index in [1.54, 1.807) is 0 Å². The number of hydrogen-bond donors (Lipinski definition) is 2. The zero-order valence-electron chi connectivity index (χ0n) is 11.0. The fourth-order valence-corrected chi connectivity index (χ4v) is 2.46. The Bertz CT molecular complexity index is 481. The number of benzene rings is 1. The van der Waals surface area contributed by atoms with E-state index in [4.69, 9.17) is 11.0 Å². The molecular formula is C15H19N3O. The zero-order valence-corrected chi connectivity index (χ0v) is 11.0. The van der Waals surface area contributed by atoms with Crippen LogP contribution >= 0.6 is 0 Å². The summed E-state index contributed by atoms with van der Waals surface area (Å²) in [6.45, 7) is 0. The van der Waals surface area contributed by atoms with Gasteiger partial charge in [-0.2, -0.15) is 5.26 Å². The predicted molar refractivity (Wildman–Crippen MR) is 74.4 cm³/mol. The smallest absolute Gasteiger partial charge is 0.244 e. The minimum Gasteiger partial charge on any atom is -0.324 e. The summed E-state index contributed by atoms with van der Waals surface area (Å²) in [4.78, 5) is 12.2. The first-order valence-electron chi connectivity index (χ1n) is 6.70. The van der Waals surface area contributed by atoms with Crippen LogP contribution in [0.1, 0.15) is 37.7 Å². The second-order valence-corrected chi connectivity index (χ2v) is 5.20. The van der Waals surface area contributed by atoms with Crippen LogP contribution in [0, 0.1) is 11.3 Å². The van der Waals surface area contributed by atoms with Gasteiger partial charge in [0.25, 0.3) is 0 Å². The highest BCUT2D eigenvalue weighted by Gasteiger charge is 2.35. The summed E-state index contributed by atoms with van der Waals surface area (Å²) in [6.07, 6.45) is 5.09. The van der Waals surface area contributed by atoms with Crippen LogP contribution in [-0.2, 0) is 11.2 Å². The number of nitrogens with two attached hydrogens (primary N) is 1. The molecule has 2 rings (SSSR count). The van der Waals surface area contributed by atoms with Gasteiger partial charge in [0, 0.05) is 5.69 Å². The molecule has 0 spiro atoms. The Morgan fingerprint density at radius 2 is 1.89 bits per heavy atom. The standard InChI is InChI=1S/C15H19N3O/c16-11-8-12-4-6-13(7-5-12)18-14(19)15(17)9-2-1-3-10-15/h4-7H,1-3,8-10,17H2,(H,18,19). The molecule has 19 heavy (non-hydrogen) atoms. The van der Waals surface area contributed by atoms with Gasteiger partial charge in [0.15, 0.2) is 0 Å². The van der Waals surface area contributed by atoms with Gasteiger partial charge in [0.05, 0.1) is 18.0 Å². The first kappa shape index (κ1) is 13.6. The van der Waals surface area contributed by atoms with Crippen LogP contribution in [0.15, 0.2) is 24.3 Å². The lowest BCUT2D eigenvalue weighted by Gasteiger charge is -2.31. The second kappa shape index (κ2) is 5.85. The Morgan fingerprint density at radius 1 is 1.26 bits per heavy atom. The lowest BCUT2D eigenvalue weighted by atomic mass is 9.82. The average molecular weight is 257 g/mol.